The molecular weight excluding hydrogens is 462 g/mol. The summed E-state index contributed by atoms with van der Waals surface area (Å²) in [4.78, 5) is 32.4. The maximum absolute atomic E-state index is 13.9. The predicted molar refractivity (Wildman–Crippen MR) is 135 cm³/mol. The van der Waals surface area contributed by atoms with Crippen molar-refractivity contribution in [3.05, 3.63) is 45.7 Å². The third kappa shape index (κ3) is 3.53. The number of ether oxygens (including phenoxy) is 4. The van der Waals surface area contributed by atoms with Gasteiger partial charge in [0.25, 0.3) is 5.56 Å². The molecule has 3 aromatic rings. The van der Waals surface area contributed by atoms with Crippen molar-refractivity contribution in [1.29, 1.82) is 0 Å². The molecule has 1 aliphatic carbocycles. The lowest BCUT2D eigenvalue weighted by atomic mass is 10.0. The highest BCUT2D eigenvalue weighted by atomic mass is 16.7. The van der Waals surface area contributed by atoms with Crippen LogP contribution in [-0.2, 0) is 6.54 Å². The molecule has 3 aliphatic rings. The zero-order valence-electron chi connectivity index (χ0n) is 20.8. The molecule has 0 radical (unpaired) electrons. The molecule has 0 spiro atoms. The van der Waals surface area contributed by atoms with E-state index in [1.54, 1.807) is 29.9 Å². The van der Waals surface area contributed by atoms with Gasteiger partial charge in [0.2, 0.25) is 6.79 Å². The lowest BCUT2D eigenvalue weighted by molar-refractivity contribution is 0.104. The summed E-state index contributed by atoms with van der Waals surface area (Å²) in [5.74, 6) is 1.91. The molecule has 2 aromatic carbocycles. The number of carbonyl (C=O) groups excluding carboxylic acids is 1. The standard InChI is InChI=1S/C27H29N3O6/c1-28-7-9-29(10-8-28)5-4-6-30-25-17-12-22-23(36-15-35-22)13-18(17)26(31)24(25)16-11-20(33-2)21(34-3)14-19(16)27(30)32/h11-14H,4-10,15H2,1-3H3. The molecule has 1 saturated heterocycles. The van der Waals surface area contributed by atoms with Crippen LogP contribution in [0.25, 0.3) is 22.0 Å². The number of piperazine rings is 1. The van der Waals surface area contributed by atoms with Crippen molar-refractivity contribution in [2.75, 3.05) is 60.8 Å². The maximum atomic E-state index is 13.9. The average Bonchev–Trinajstić information content (AvgIpc) is 3.47. The summed E-state index contributed by atoms with van der Waals surface area (Å²) in [6.45, 7) is 5.63. The van der Waals surface area contributed by atoms with Crippen molar-refractivity contribution in [3.63, 3.8) is 0 Å². The van der Waals surface area contributed by atoms with Gasteiger partial charge in [-0.2, -0.15) is 0 Å². The summed E-state index contributed by atoms with van der Waals surface area (Å²) in [6, 6.07) is 6.96. The fraction of sp³-hybridized carbons (Fsp3) is 0.407. The molecule has 2 aliphatic heterocycles. The number of hydrogen-bond acceptors (Lipinski definition) is 8. The monoisotopic (exact) mass is 491 g/mol. The molecule has 6 rings (SSSR count). The largest absolute Gasteiger partial charge is 0.493 e. The molecule has 1 aromatic heterocycles. The van der Waals surface area contributed by atoms with Gasteiger partial charge in [0, 0.05) is 49.2 Å². The second kappa shape index (κ2) is 8.83. The minimum atomic E-state index is -0.151. The van der Waals surface area contributed by atoms with Gasteiger partial charge in [0.05, 0.1) is 30.9 Å². The molecule has 36 heavy (non-hydrogen) atoms. The minimum Gasteiger partial charge on any atom is -0.493 e. The van der Waals surface area contributed by atoms with Crippen molar-refractivity contribution in [3.8, 4) is 34.3 Å². The number of likely N-dealkylation sites (N-methyl/N-ethyl adjacent to an activating group) is 1. The Morgan fingerprint density at radius 3 is 2.14 bits per heavy atom. The van der Waals surface area contributed by atoms with Gasteiger partial charge >= 0.3 is 0 Å². The lowest BCUT2D eigenvalue weighted by Gasteiger charge is -2.32. The van der Waals surface area contributed by atoms with Crippen LogP contribution in [0.3, 0.4) is 0 Å². The molecule has 0 atom stereocenters. The highest BCUT2D eigenvalue weighted by Gasteiger charge is 2.35. The van der Waals surface area contributed by atoms with Crippen LogP contribution in [0.4, 0.5) is 0 Å². The summed E-state index contributed by atoms with van der Waals surface area (Å²) in [6.07, 6.45) is 0.795. The molecule has 9 heteroatoms. The van der Waals surface area contributed by atoms with E-state index >= 15 is 0 Å². The molecule has 3 heterocycles. The third-order valence-corrected chi connectivity index (χ3v) is 7.47. The second-order valence-electron chi connectivity index (χ2n) is 9.51. The number of rotatable bonds is 6. The van der Waals surface area contributed by atoms with Crippen LogP contribution in [0.15, 0.2) is 29.1 Å². The van der Waals surface area contributed by atoms with Crippen molar-refractivity contribution >= 4 is 16.6 Å². The summed E-state index contributed by atoms with van der Waals surface area (Å²) < 4.78 is 23.9. The summed E-state index contributed by atoms with van der Waals surface area (Å²) in [7, 11) is 5.21. The Hall–Kier alpha value is -3.56. The van der Waals surface area contributed by atoms with Gasteiger partial charge < -0.3 is 33.3 Å². The molecule has 0 bridgehead atoms. The molecule has 0 unspecified atom stereocenters. The van der Waals surface area contributed by atoms with E-state index in [-0.39, 0.29) is 18.1 Å². The Balaban J connectivity index is 1.49. The Morgan fingerprint density at radius 1 is 0.833 bits per heavy atom. The minimum absolute atomic E-state index is 0.117. The van der Waals surface area contributed by atoms with E-state index in [0.29, 0.717) is 62.7 Å². The fourth-order valence-corrected chi connectivity index (χ4v) is 5.48. The lowest BCUT2D eigenvalue weighted by Crippen LogP contribution is -2.44. The average molecular weight is 492 g/mol. The van der Waals surface area contributed by atoms with E-state index in [9.17, 15) is 9.59 Å². The van der Waals surface area contributed by atoms with Crippen molar-refractivity contribution in [2.24, 2.45) is 0 Å². The van der Waals surface area contributed by atoms with E-state index < -0.39 is 0 Å². The highest BCUT2D eigenvalue weighted by Crippen LogP contribution is 2.46. The van der Waals surface area contributed by atoms with E-state index in [1.807, 2.05) is 6.07 Å². The van der Waals surface area contributed by atoms with Gasteiger partial charge in [0.1, 0.15) is 0 Å². The fourth-order valence-electron chi connectivity index (χ4n) is 5.48. The Labute approximate surface area is 208 Å². The number of pyridine rings is 1. The summed E-state index contributed by atoms with van der Waals surface area (Å²) >= 11 is 0. The van der Waals surface area contributed by atoms with Gasteiger partial charge in [-0.25, -0.2) is 0 Å². The molecule has 9 nitrogen and oxygen atoms in total. The van der Waals surface area contributed by atoms with Crippen LogP contribution < -0.4 is 24.5 Å². The predicted octanol–water partition coefficient (Wildman–Crippen LogP) is 2.60. The summed E-state index contributed by atoms with van der Waals surface area (Å²) in [5, 5.41) is 0.998. The van der Waals surface area contributed by atoms with Crippen molar-refractivity contribution in [1.82, 2.24) is 14.4 Å². The van der Waals surface area contributed by atoms with Gasteiger partial charge in [-0.1, -0.05) is 0 Å². The molecule has 0 amide bonds. The number of nitrogens with zero attached hydrogens (tertiary/aromatic N) is 3. The first-order chi connectivity index (χ1) is 17.5. The second-order valence-corrected chi connectivity index (χ2v) is 9.51. The highest BCUT2D eigenvalue weighted by molar-refractivity contribution is 6.27. The number of ketones is 1. The van der Waals surface area contributed by atoms with Gasteiger partial charge in [-0.15, -0.1) is 0 Å². The molecule has 0 N–H and O–H groups in total. The zero-order valence-corrected chi connectivity index (χ0v) is 20.8. The number of carbonyl (C=O) groups is 1. The number of benzene rings is 2. The number of aromatic nitrogens is 1. The Bertz CT molecular complexity index is 1440. The van der Waals surface area contributed by atoms with Crippen LogP contribution in [0, 0.1) is 0 Å². The molecule has 1 fully saturated rings. The quantitative estimate of drug-likeness (QED) is 0.407. The first kappa shape index (κ1) is 22.9. The van der Waals surface area contributed by atoms with Crippen molar-refractivity contribution in [2.45, 2.75) is 13.0 Å². The van der Waals surface area contributed by atoms with Crippen LogP contribution in [0.2, 0.25) is 0 Å². The number of methoxy groups -OCH3 is 2. The van der Waals surface area contributed by atoms with Gasteiger partial charge in [-0.3, -0.25) is 9.59 Å². The zero-order chi connectivity index (χ0) is 25.0. The number of hydrogen-bond donors (Lipinski definition) is 0. The smallest absolute Gasteiger partial charge is 0.259 e. The van der Waals surface area contributed by atoms with Crippen LogP contribution in [0.1, 0.15) is 22.3 Å². The summed E-state index contributed by atoms with van der Waals surface area (Å²) in [5.41, 5.74) is 2.21. The van der Waals surface area contributed by atoms with Gasteiger partial charge in [0.15, 0.2) is 28.8 Å². The molecule has 188 valence electrons. The topological polar surface area (TPSA) is 82.5 Å². The number of fused-ring (bicyclic) bond motifs is 6. The van der Waals surface area contributed by atoms with Crippen molar-refractivity contribution < 1.29 is 23.7 Å². The molecule has 0 saturated carbocycles. The van der Waals surface area contributed by atoms with E-state index in [1.165, 1.54) is 7.11 Å². The normalized spacial score (nSPS) is 16.9. The van der Waals surface area contributed by atoms with Crippen LogP contribution >= 0.6 is 0 Å². The first-order valence-electron chi connectivity index (χ1n) is 12.2. The van der Waals surface area contributed by atoms with Gasteiger partial charge in [-0.05, 0) is 44.3 Å². The van der Waals surface area contributed by atoms with Crippen LogP contribution in [0.5, 0.6) is 23.0 Å². The van der Waals surface area contributed by atoms with E-state index in [2.05, 4.69) is 16.8 Å². The first-order valence-corrected chi connectivity index (χ1v) is 12.2. The Kier molecular flexibility index (Phi) is 5.61. The third-order valence-electron chi connectivity index (χ3n) is 7.47. The van der Waals surface area contributed by atoms with Crippen LogP contribution in [-0.4, -0.2) is 80.9 Å². The maximum Gasteiger partial charge on any atom is 0.259 e. The molecular formula is C27H29N3O6. The van der Waals surface area contributed by atoms with E-state index in [4.69, 9.17) is 18.9 Å². The SMILES string of the molecule is COc1cc2c3c(n(CCCN4CCN(C)CC4)c(=O)c2cc1OC)-c1cc2c(cc1C3=O)OCO2. The van der Waals surface area contributed by atoms with E-state index in [0.717, 1.165) is 39.1 Å². The Morgan fingerprint density at radius 2 is 1.47 bits per heavy atom.